The number of methoxy groups -OCH3 is 2. The van der Waals surface area contributed by atoms with E-state index < -0.39 is 6.16 Å². The highest BCUT2D eigenvalue weighted by Crippen LogP contribution is 2.46. The predicted molar refractivity (Wildman–Crippen MR) is 141 cm³/mol. The minimum absolute atomic E-state index is 0.176. The summed E-state index contributed by atoms with van der Waals surface area (Å²) in [6, 6.07) is 16.9. The van der Waals surface area contributed by atoms with Crippen molar-refractivity contribution in [3.8, 4) is 34.3 Å². The highest BCUT2D eigenvalue weighted by Gasteiger charge is 2.25. The van der Waals surface area contributed by atoms with E-state index in [-0.39, 0.29) is 5.88 Å². The average molecular weight is 520 g/mol. The Bertz CT molecular complexity index is 1590. The summed E-state index contributed by atoms with van der Waals surface area (Å²) >= 11 is 1.15. The number of hydrogen-bond acceptors (Lipinski definition) is 8. The molecular formula is C27H25N3O6S. The lowest BCUT2D eigenvalue weighted by Gasteiger charge is -2.13. The van der Waals surface area contributed by atoms with E-state index in [9.17, 15) is 9.90 Å². The Labute approximate surface area is 217 Å². The van der Waals surface area contributed by atoms with Crippen molar-refractivity contribution in [3.05, 3.63) is 60.2 Å². The van der Waals surface area contributed by atoms with Gasteiger partial charge in [0.25, 0.3) is 0 Å². The van der Waals surface area contributed by atoms with Crippen molar-refractivity contribution in [1.29, 1.82) is 0 Å². The van der Waals surface area contributed by atoms with Crippen LogP contribution in [-0.2, 0) is 6.54 Å². The van der Waals surface area contributed by atoms with Crippen molar-refractivity contribution < 1.29 is 28.8 Å². The van der Waals surface area contributed by atoms with Gasteiger partial charge in [-0.3, -0.25) is 0 Å². The molecule has 0 aliphatic carbocycles. The van der Waals surface area contributed by atoms with Crippen molar-refractivity contribution in [2.24, 2.45) is 0 Å². The Morgan fingerprint density at radius 3 is 2.54 bits per heavy atom. The SMILES string of the molecule is CCCOc1ccc2c(c1)c(-c1ccc(OC)cc1OC)c(OC(=O)O)n2Cc1ccc2nsnc2c1. The zero-order chi connectivity index (χ0) is 25.9. The fraction of sp³-hybridized carbons (Fsp3) is 0.222. The predicted octanol–water partition coefficient (Wildman–Crippen LogP) is 6.22. The molecule has 5 aromatic rings. The Morgan fingerprint density at radius 2 is 1.78 bits per heavy atom. The summed E-state index contributed by atoms with van der Waals surface area (Å²) in [5.74, 6) is 1.98. The van der Waals surface area contributed by atoms with E-state index in [4.69, 9.17) is 18.9 Å². The summed E-state index contributed by atoms with van der Waals surface area (Å²) in [6.45, 7) is 2.95. The second-order valence-electron chi connectivity index (χ2n) is 8.32. The number of rotatable bonds is 9. The molecule has 0 bridgehead atoms. The van der Waals surface area contributed by atoms with Crippen LogP contribution in [0.15, 0.2) is 54.6 Å². The summed E-state index contributed by atoms with van der Waals surface area (Å²) in [5, 5.41) is 10.5. The highest BCUT2D eigenvalue weighted by atomic mass is 32.1. The summed E-state index contributed by atoms with van der Waals surface area (Å²) in [5.41, 5.74) is 4.54. The zero-order valence-corrected chi connectivity index (χ0v) is 21.4. The first-order valence-corrected chi connectivity index (χ1v) is 12.4. The lowest BCUT2D eigenvalue weighted by Crippen LogP contribution is -2.10. The molecule has 1 N–H and O–H groups in total. The fourth-order valence-electron chi connectivity index (χ4n) is 4.34. The maximum absolute atomic E-state index is 11.9. The summed E-state index contributed by atoms with van der Waals surface area (Å²) in [4.78, 5) is 11.9. The van der Waals surface area contributed by atoms with Crippen LogP contribution in [0.5, 0.6) is 23.1 Å². The molecule has 190 valence electrons. The van der Waals surface area contributed by atoms with Crippen LogP contribution in [0.1, 0.15) is 18.9 Å². The summed E-state index contributed by atoms with van der Waals surface area (Å²) < 4.78 is 32.9. The molecule has 0 saturated carbocycles. The minimum Gasteiger partial charge on any atom is -0.497 e. The van der Waals surface area contributed by atoms with Gasteiger partial charge in [0.05, 0.1) is 50.2 Å². The van der Waals surface area contributed by atoms with Crippen LogP contribution in [0.2, 0.25) is 0 Å². The average Bonchev–Trinajstić information content (AvgIpc) is 3.49. The monoisotopic (exact) mass is 519 g/mol. The van der Waals surface area contributed by atoms with E-state index in [1.807, 2.05) is 54.0 Å². The third kappa shape index (κ3) is 4.75. The van der Waals surface area contributed by atoms with Crippen LogP contribution >= 0.6 is 11.7 Å². The van der Waals surface area contributed by atoms with Crippen molar-refractivity contribution >= 4 is 39.8 Å². The Kier molecular flexibility index (Phi) is 6.82. The first-order valence-electron chi connectivity index (χ1n) is 11.7. The van der Waals surface area contributed by atoms with Gasteiger partial charge in [-0.15, -0.1) is 0 Å². The molecule has 0 spiro atoms. The van der Waals surface area contributed by atoms with Gasteiger partial charge in [0.15, 0.2) is 0 Å². The number of carbonyl (C=O) groups is 1. The summed E-state index contributed by atoms with van der Waals surface area (Å²) in [7, 11) is 3.13. The topological polar surface area (TPSA) is 105 Å². The molecule has 0 saturated heterocycles. The van der Waals surface area contributed by atoms with Gasteiger partial charge in [-0.05, 0) is 54.4 Å². The maximum atomic E-state index is 11.9. The van der Waals surface area contributed by atoms with E-state index >= 15 is 0 Å². The quantitative estimate of drug-likeness (QED) is 0.229. The number of aromatic nitrogens is 3. The number of benzene rings is 3. The van der Waals surface area contributed by atoms with E-state index in [2.05, 4.69) is 8.75 Å². The van der Waals surface area contributed by atoms with Gasteiger partial charge in [0.1, 0.15) is 28.3 Å². The molecule has 37 heavy (non-hydrogen) atoms. The maximum Gasteiger partial charge on any atom is 0.512 e. The van der Waals surface area contributed by atoms with Gasteiger partial charge < -0.3 is 28.6 Å². The van der Waals surface area contributed by atoms with E-state index in [0.29, 0.717) is 41.5 Å². The van der Waals surface area contributed by atoms with Crippen LogP contribution in [0.4, 0.5) is 4.79 Å². The summed E-state index contributed by atoms with van der Waals surface area (Å²) in [6.07, 6.45) is -0.557. The van der Waals surface area contributed by atoms with Crippen molar-refractivity contribution in [2.45, 2.75) is 19.9 Å². The first kappa shape index (κ1) is 24.4. The van der Waals surface area contributed by atoms with Gasteiger partial charge in [0, 0.05) is 17.0 Å². The van der Waals surface area contributed by atoms with Crippen LogP contribution in [0.3, 0.4) is 0 Å². The number of nitrogens with zero attached hydrogens (tertiary/aromatic N) is 3. The number of hydrogen-bond donors (Lipinski definition) is 1. The minimum atomic E-state index is -1.42. The van der Waals surface area contributed by atoms with E-state index in [1.165, 1.54) is 0 Å². The van der Waals surface area contributed by atoms with Crippen molar-refractivity contribution in [2.75, 3.05) is 20.8 Å². The van der Waals surface area contributed by atoms with Crippen molar-refractivity contribution in [1.82, 2.24) is 13.3 Å². The van der Waals surface area contributed by atoms with Crippen LogP contribution in [0, 0.1) is 0 Å². The van der Waals surface area contributed by atoms with Gasteiger partial charge >= 0.3 is 6.16 Å². The van der Waals surface area contributed by atoms with Gasteiger partial charge in [-0.2, -0.15) is 8.75 Å². The van der Waals surface area contributed by atoms with Crippen LogP contribution < -0.4 is 18.9 Å². The lowest BCUT2D eigenvalue weighted by atomic mass is 10.0. The van der Waals surface area contributed by atoms with Gasteiger partial charge in [0.2, 0.25) is 5.88 Å². The largest absolute Gasteiger partial charge is 0.512 e. The molecule has 0 atom stereocenters. The second kappa shape index (κ2) is 10.4. The second-order valence-corrected chi connectivity index (χ2v) is 8.84. The molecule has 0 aliphatic heterocycles. The van der Waals surface area contributed by atoms with Crippen LogP contribution in [0.25, 0.3) is 33.1 Å². The van der Waals surface area contributed by atoms with Gasteiger partial charge in [-0.1, -0.05) is 13.0 Å². The molecular weight excluding hydrogens is 494 g/mol. The molecule has 0 aliphatic rings. The zero-order valence-electron chi connectivity index (χ0n) is 20.6. The van der Waals surface area contributed by atoms with Crippen LogP contribution in [-0.4, -0.2) is 45.4 Å². The number of carboxylic acid groups (broad SMARTS) is 1. The first-order chi connectivity index (χ1) is 18.0. The Balaban J connectivity index is 1.77. The third-order valence-electron chi connectivity index (χ3n) is 5.98. The van der Waals surface area contributed by atoms with Gasteiger partial charge in [-0.25, -0.2) is 4.79 Å². The molecule has 0 radical (unpaired) electrons. The molecule has 2 heterocycles. The highest BCUT2D eigenvalue weighted by molar-refractivity contribution is 7.00. The molecule has 5 rings (SSSR count). The smallest absolute Gasteiger partial charge is 0.497 e. The fourth-order valence-corrected chi connectivity index (χ4v) is 4.86. The number of ether oxygens (including phenoxy) is 4. The lowest BCUT2D eigenvalue weighted by molar-refractivity contribution is 0.141. The standard InChI is InChI=1S/C27H25N3O6S/c1-4-11-35-18-7-10-23-20(13-18)25(19-8-6-17(33-2)14-24(19)34-3)26(36-27(31)32)30(23)15-16-5-9-21-22(12-16)29-37-28-21/h5-10,12-14H,4,11,15H2,1-3H3,(H,31,32). The third-order valence-corrected chi connectivity index (χ3v) is 6.54. The molecule has 0 amide bonds. The molecule has 10 heteroatoms. The normalized spacial score (nSPS) is 11.1. The Hall–Kier alpha value is -4.31. The van der Waals surface area contributed by atoms with E-state index in [0.717, 1.165) is 45.6 Å². The number of fused-ring (bicyclic) bond motifs is 2. The Morgan fingerprint density at radius 1 is 0.973 bits per heavy atom. The molecule has 0 fully saturated rings. The van der Waals surface area contributed by atoms with E-state index in [1.54, 1.807) is 26.4 Å². The molecule has 2 aromatic heterocycles. The molecule has 9 nitrogen and oxygen atoms in total. The molecule has 0 unspecified atom stereocenters. The molecule has 3 aromatic carbocycles. The van der Waals surface area contributed by atoms with Crippen molar-refractivity contribution in [3.63, 3.8) is 0 Å².